The van der Waals surface area contributed by atoms with Gasteiger partial charge in [-0.3, -0.25) is 4.68 Å². The van der Waals surface area contributed by atoms with Gasteiger partial charge in [0, 0.05) is 10.1 Å². The number of nitrogens with one attached hydrogen (secondary N) is 1. The van der Waals surface area contributed by atoms with Gasteiger partial charge in [0.25, 0.3) is 0 Å². The summed E-state index contributed by atoms with van der Waals surface area (Å²) in [7, 11) is 0. The van der Waals surface area contributed by atoms with Crippen molar-refractivity contribution in [3.8, 4) is 0 Å². The minimum Gasteiger partial charge on any atom is -0.378 e. The molecule has 0 spiro atoms. The maximum atomic E-state index is 6.18. The SMILES string of the molecule is CCn1nc(C)cc1CNc1ccc(I)cc1Cl. The minimum atomic E-state index is 0.731. The van der Waals surface area contributed by atoms with Gasteiger partial charge in [0.2, 0.25) is 0 Å². The van der Waals surface area contributed by atoms with Crippen LogP contribution in [0.3, 0.4) is 0 Å². The molecule has 2 aromatic rings. The standard InChI is InChI=1S/C13H15ClIN3/c1-3-18-11(6-9(2)17-18)8-16-13-5-4-10(15)7-12(13)14/h4-7,16H,3,8H2,1-2H3. The molecular weight excluding hydrogens is 361 g/mol. The van der Waals surface area contributed by atoms with E-state index in [1.54, 1.807) is 0 Å². The third-order valence-electron chi connectivity index (χ3n) is 2.68. The minimum absolute atomic E-state index is 0.731. The molecule has 1 N–H and O–H groups in total. The maximum Gasteiger partial charge on any atom is 0.0648 e. The summed E-state index contributed by atoms with van der Waals surface area (Å²) in [5.74, 6) is 0. The largest absolute Gasteiger partial charge is 0.378 e. The van der Waals surface area contributed by atoms with Crippen LogP contribution in [0.5, 0.6) is 0 Å². The van der Waals surface area contributed by atoms with Crippen LogP contribution < -0.4 is 5.32 Å². The van der Waals surface area contributed by atoms with Crippen molar-refractivity contribution in [3.05, 3.63) is 44.2 Å². The summed E-state index contributed by atoms with van der Waals surface area (Å²) in [5, 5.41) is 8.52. The van der Waals surface area contributed by atoms with Gasteiger partial charge in [-0.05, 0) is 60.7 Å². The number of rotatable bonds is 4. The van der Waals surface area contributed by atoms with Gasteiger partial charge in [0.1, 0.15) is 0 Å². The Morgan fingerprint density at radius 3 is 2.83 bits per heavy atom. The van der Waals surface area contributed by atoms with E-state index in [9.17, 15) is 0 Å². The Morgan fingerprint density at radius 2 is 2.17 bits per heavy atom. The molecule has 0 atom stereocenters. The molecule has 0 aliphatic carbocycles. The second kappa shape index (κ2) is 5.93. The van der Waals surface area contributed by atoms with Crippen LogP contribution in [-0.4, -0.2) is 9.78 Å². The van der Waals surface area contributed by atoms with Crippen LogP contribution in [0.25, 0.3) is 0 Å². The molecule has 1 aromatic carbocycles. The third kappa shape index (κ3) is 3.17. The Morgan fingerprint density at radius 1 is 1.39 bits per heavy atom. The first-order valence-electron chi connectivity index (χ1n) is 5.82. The molecule has 0 amide bonds. The van der Waals surface area contributed by atoms with E-state index >= 15 is 0 Å². The Hall–Kier alpha value is -0.750. The molecule has 0 unspecified atom stereocenters. The summed E-state index contributed by atoms with van der Waals surface area (Å²) in [6, 6.07) is 8.09. The molecule has 3 nitrogen and oxygen atoms in total. The molecule has 96 valence electrons. The number of nitrogens with zero attached hydrogens (tertiary/aromatic N) is 2. The van der Waals surface area contributed by atoms with Gasteiger partial charge in [-0.15, -0.1) is 0 Å². The van der Waals surface area contributed by atoms with Gasteiger partial charge in [-0.1, -0.05) is 11.6 Å². The summed E-state index contributed by atoms with van der Waals surface area (Å²) in [5.41, 5.74) is 3.17. The van der Waals surface area contributed by atoms with Crippen LogP contribution in [0, 0.1) is 10.5 Å². The van der Waals surface area contributed by atoms with Crippen molar-refractivity contribution in [1.82, 2.24) is 9.78 Å². The first-order chi connectivity index (χ1) is 8.60. The molecular formula is C13H15ClIN3. The van der Waals surface area contributed by atoms with Crippen molar-refractivity contribution in [3.63, 3.8) is 0 Å². The smallest absolute Gasteiger partial charge is 0.0648 e. The first kappa shape index (κ1) is 13.7. The van der Waals surface area contributed by atoms with Crippen LogP contribution in [-0.2, 0) is 13.1 Å². The summed E-state index contributed by atoms with van der Waals surface area (Å²) >= 11 is 8.44. The summed E-state index contributed by atoms with van der Waals surface area (Å²) < 4.78 is 3.14. The number of hydrogen-bond acceptors (Lipinski definition) is 2. The van der Waals surface area contributed by atoms with E-state index in [1.807, 2.05) is 29.8 Å². The van der Waals surface area contributed by atoms with Crippen LogP contribution >= 0.6 is 34.2 Å². The maximum absolute atomic E-state index is 6.18. The molecule has 5 heteroatoms. The van der Waals surface area contributed by atoms with Gasteiger partial charge in [-0.25, -0.2) is 0 Å². The third-order valence-corrected chi connectivity index (χ3v) is 3.66. The van der Waals surface area contributed by atoms with Gasteiger partial charge >= 0.3 is 0 Å². The number of aromatic nitrogens is 2. The highest BCUT2D eigenvalue weighted by Crippen LogP contribution is 2.24. The predicted octanol–water partition coefficient (Wildman–Crippen LogP) is 4.08. The van der Waals surface area contributed by atoms with Crippen molar-refractivity contribution < 1.29 is 0 Å². The monoisotopic (exact) mass is 375 g/mol. The second-order valence-corrected chi connectivity index (χ2v) is 5.72. The van der Waals surface area contributed by atoms with E-state index in [2.05, 4.69) is 46.0 Å². The zero-order valence-electron chi connectivity index (χ0n) is 10.4. The van der Waals surface area contributed by atoms with E-state index in [0.717, 1.165) is 33.1 Å². The number of benzene rings is 1. The van der Waals surface area contributed by atoms with E-state index in [0.29, 0.717) is 0 Å². The van der Waals surface area contributed by atoms with Gasteiger partial charge in [0.05, 0.1) is 28.6 Å². The molecule has 1 aromatic heterocycles. The van der Waals surface area contributed by atoms with Crippen molar-refractivity contribution in [2.75, 3.05) is 5.32 Å². The Labute approximate surface area is 126 Å². The second-order valence-electron chi connectivity index (χ2n) is 4.07. The topological polar surface area (TPSA) is 29.9 Å². The Kier molecular flexibility index (Phi) is 4.50. The molecule has 18 heavy (non-hydrogen) atoms. The molecule has 1 heterocycles. The zero-order valence-corrected chi connectivity index (χ0v) is 13.3. The van der Waals surface area contributed by atoms with Crippen molar-refractivity contribution in [2.24, 2.45) is 0 Å². The summed E-state index contributed by atoms with van der Waals surface area (Å²) in [4.78, 5) is 0. The van der Waals surface area contributed by atoms with E-state index in [-0.39, 0.29) is 0 Å². The predicted molar refractivity (Wildman–Crippen MR) is 84.1 cm³/mol. The summed E-state index contributed by atoms with van der Waals surface area (Å²) in [6.45, 7) is 5.71. The molecule has 0 saturated carbocycles. The zero-order chi connectivity index (χ0) is 13.1. The number of hydrogen-bond donors (Lipinski definition) is 1. The number of anilines is 1. The highest BCUT2D eigenvalue weighted by atomic mass is 127. The lowest BCUT2D eigenvalue weighted by Gasteiger charge is -2.09. The Bertz CT molecular complexity index is 551. The summed E-state index contributed by atoms with van der Waals surface area (Å²) in [6.07, 6.45) is 0. The Balaban J connectivity index is 2.11. The highest BCUT2D eigenvalue weighted by molar-refractivity contribution is 14.1. The molecule has 0 bridgehead atoms. The van der Waals surface area contributed by atoms with E-state index in [1.165, 1.54) is 5.69 Å². The molecule has 0 aliphatic rings. The van der Waals surface area contributed by atoms with Crippen molar-refractivity contribution in [1.29, 1.82) is 0 Å². The van der Waals surface area contributed by atoms with E-state index < -0.39 is 0 Å². The molecule has 0 saturated heterocycles. The number of aryl methyl sites for hydroxylation is 2. The molecule has 2 rings (SSSR count). The fraction of sp³-hybridized carbons (Fsp3) is 0.308. The van der Waals surface area contributed by atoms with Gasteiger partial charge in [0.15, 0.2) is 0 Å². The highest BCUT2D eigenvalue weighted by Gasteiger charge is 2.05. The van der Waals surface area contributed by atoms with Crippen LogP contribution in [0.2, 0.25) is 5.02 Å². The average molecular weight is 376 g/mol. The van der Waals surface area contributed by atoms with Gasteiger partial charge < -0.3 is 5.32 Å². The molecule has 0 radical (unpaired) electrons. The average Bonchev–Trinajstić information content (AvgIpc) is 2.68. The van der Waals surface area contributed by atoms with E-state index in [4.69, 9.17) is 11.6 Å². The first-order valence-corrected chi connectivity index (χ1v) is 7.28. The lowest BCUT2D eigenvalue weighted by atomic mass is 10.3. The van der Waals surface area contributed by atoms with Crippen molar-refractivity contribution >= 4 is 39.9 Å². The van der Waals surface area contributed by atoms with Crippen LogP contribution in [0.1, 0.15) is 18.3 Å². The lowest BCUT2D eigenvalue weighted by molar-refractivity contribution is 0.623. The fourth-order valence-electron chi connectivity index (χ4n) is 1.83. The lowest BCUT2D eigenvalue weighted by Crippen LogP contribution is -2.08. The quantitative estimate of drug-likeness (QED) is 0.816. The normalized spacial score (nSPS) is 10.7. The van der Waals surface area contributed by atoms with Crippen LogP contribution in [0.15, 0.2) is 24.3 Å². The number of halogens is 2. The molecule has 0 fully saturated rings. The van der Waals surface area contributed by atoms with Crippen molar-refractivity contribution in [2.45, 2.75) is 26.9 Å². The van der Waals surface area contributed by atoms with Gasteiger partial charge in [-0.2, -0.15) is 5.10 Å². The molecule has 0 aliphatic heterocycles. The van der Waals surface area contributed by atoms with Crippen LogP contribution in [0.4, 0.5) is 5.69 Å². The fourth-order valence-corrected chi connectivity index (χ4v) is 2.76.